The molecule has 0 spiro atoms. The molecule has 0 unspecified atom stereocenters. The molecule has 4 fully saturated rings. The van der Waals surface area contributed by atoms with E-state index in [0.717, 1.165) is 30.1 Å². The Balaban J connectivity index is 1.18. The minimum absolute atomic E-state index is 0.941. The molecule has 0 radical (unpaired) electrons. The molecule has 0 heterocycles. The van der Waals surface area contributed by atoms with Gasteiger partial charge in [-0.15, -0.1) is 0 Å². The summed E-state index contributed by atoms with van der Waals surface area (Å²) in [6, 6.07) is 14.5. The topological polar surface area (TPSA) is 6.48 Å². The van der Waals surface area contributed by atoms with Crippen LogP contribution in [0.15, 0.2) is 36.4 Å². The lowest BCUT2D eigenvalue weighted by Gasteiger charge is -2.28. The predicted octanol–water partition coefficient (Wildman–Crippen LogP) is 7.15. The van der Waals surface area contributed by atoms with Gasteiger partial charge in [0.2, 0.25) is 0 Å². The van der Waals surface area contributed by atoms with E-state index >= 15 is 0 Å². The number of hydrogen-bond acceptors (Lipinski definition) is 2. The van der Waals surface area contributed by atoms with Crippen molar-refractivity contribution in [1.29, 1.82) is 0 Å². The molecule has 6 rings (SSSR count). The molecular weight excluding hydrogens is 400 g/mol. The lowest BCUT2D eigenvalue weighted by atomic mass is 9.99. The van der Waals surface area contributed by atoms with Crippen LogP contribution in [-0.4, -0.2) is 26.2 Å². The van der Waals surface area contributed by atoms with Crippen LogP contribution in [0.5, 0.6) is 0 Å². The summed E-state index contributed by atoms with van der Waals surface area (Å²) in [6.45, 7) is 9.73. The van der Waals surface area contributed by atoms with Gasteiger partial charge in [-0.05, 0) is 130 Å². The fraction of sp³-hybridized carbons (Fsp3) is 0.613. The first-order chi connectivity index (χ1) is 16.1. The molecule has 0 atom stereocenters. The van der Waals surface area contributed by atoms with E-state index in [-0.39, 0.29) is 0 Å². The fourth-order valence-corrected chi connectivity index (χ4v) is 5.51. The van der Waals surface area contributed by atoms with E-state index in [2.05, 4.69) is 60.0 Å². The van der Waals surface area contributed by atoms with Crippen LogP contribution in [0, 0.1) is 37.5 Å². The zero-order valence-electron chi connectivity index (χ0n) is 20.9. The SMILES string of the molecule is Cc1cc(Cc2ccc(C)c(N(CC3CC3)CC3CC3)c2)ccc1N(CC1CC1)CC1CC1. The van der Waals surface area contributed by atoms with Crippen molar-refractivity contribution in [3.8, 4) is 0 Å². The van der Waals surface area contributed by atoms with Gasteiger partial charge in [0.1, 0.15) is 0 Å². The van der Waals surface area contributed by atoms with Crippen LogP contribution >= 0.6 is 0 Å². The maximum atomic E-state index is 2.73. The first-order valence-electron chi connectivity index (χ1n) is 13.8. The summed E-state index contributed by atoms with van der Waals surface area (Å²) >= 11 is 0. The highest BCUT2D eigenvalue weighted by atomic mass is 15.1. The third-order valence-electron chi connectivity index (χ3n) is 8.33. The third kappa shape index (κ3) is 5.76. The van der Waals surface area contributed by atoms with E-state index < -0.39 is 0 Å². The Morgan fingerprint density at radius 2 is 1.00 bits per heavy atom. The van der Waals surface area contributed by atoms with Gasteiger partial charge in [0.25, 0.3) is 0 Å². The molecule has 0 aliphatic heterocycles. The van der Waals surface area contributed by atoms with Gasteiger partial charge in [-0.25, -0.2) is 0 Å². The molecule has 2 aromatic rings. The zero-order valence-corrected chi connectivity index (χ0v) is 20.9. The van der Waals surface area contributed by atoms with Gasteiger partial charge in [-0.1, -0.05) is 24.3 Å². The molecule has 0 aromatic heterocycles. The molecule has 2 aromatic carbocycles. The summed E-state index contributed by atoms with van der Waals surface area (Å²) in [4.78, 5) is 5.45. The Kier molecular flexibility index (Phi) is 5.88. The van der Waals surface area contributed by atoms with Crippen LogP contribution < -0.4 is 9.80 Å². The van der Waals surface area contributed by atoms with E-state index in [1.54, 1.807) is 0 Å². The van der Waals surface area contributed by atoms with Crippen molar-refractivity contribution >= 4 is 11.4 Å². The molecule has 0 saturated heterocycles. The van der Waals surface area contributed by atoms with Crippen LogP contribution in [0.1, 0.15) is 73.6 Å². The van der Waals surface area contributed by atoms with Crippen LogP contribution in [0.2, 0.25) is 0 Å². The summed E-state index contributed by atoms with van der Waals surface area (Å²) in [5.74, 6) is 3.78. The maximum Gasteiger partial charge on any atom is 0.0398 e. The Labute approximate surface area is 201 Å². The molecular formula is C31H42N2. The third-order valence-corrected chi connectivity index (χ3v) is 8.33. The van der Waals surface area contributed by atoms with E-state index in [1.165, 1.54) is 111 Å². The summed E-state index contributed by atoms with van der Waals surface area (Å²) < 4.78 is 0. The lowest BCUT2D eigenvalue weighted by Crippen LogP contribution is -2.29. The summed E-state index contributed by atoms with van der Waals surface area (Å²) in [7, 11) is 0. The van der Waals surface area contributed by atoms with E-state index in [4.69, 9.17) is 0 Å². The lowest BCUT2D eigenvalue weighted by molar-refractivity contribution is 0.677. The quantitative estimate of drug-likeness (QED) is 0.344. The standard InChI is InChI=1S/C31H42N2/c1-22-3-4-29(17-31(22)33(20-26-9-10-26)21-27-11-12-27)16-28-13-14-30(23(2)15-28)32(18-24-5-6-24)19-25-7-8-25/h3-4,13-15,17,24-27H,5-12,16,18-21H2,1-2H3. The minimum Gasteiger partial charge on any atom is -0.371 e. The van der Waals surface area contributed by atoms with Gasteiger partial charge in [0, 0.05) is 37.6 Å². The minimum atomic E-state index is 0.941. The van der Waals surface area contributed by atoms with Crippen LogP contribution in [0.25, 0.3) is 0 Å². The molecule has 4 aliphatic carbocycles. The van der Waals surface area contributed by atoms with Gasteiger partial charge in [-0.3, -0.25) is 0 Å². The second-order valence-corrected chi connectivity index (χ2v) is 12.0. The van der Waals surface area contributed by atoms with E-state index in [9.17, 15) is 0 Å². The number of nitrogens with zero attached hydrogens (tertiary/aromatic N) is 2. The van der Waals surface area contributed by atoms with E-state index in [1.807, 2.05) is 0 Å². The Bertz CT molecular complexity index is 950. The monoisotopic (exact) mass is 442 g/mol. The van der Waals surface area contributed by atoms with Gasteiger partial charge in [0.05, 0.1) is 0 Å². The van der Waals surface area contributed by atoms with Crippen molar-refractivity contribution in [1.82, 2.24) is 0 Å². The Hall–Kier alpha value is -1.96. The molecule has 2 heteroatoms. The molecule has 2 nitrogen and oxygen atoms in total. The highest BCUT2D eigenvalue weighted by Crippen LogP contribution is 2.38. The second-order valence-electron chi connectivity index (χ2n) is 12.0. The Morgan fingerprint density at radius 1 is 0.545 bits per heavy atom. The molecule has 176 valence electrons. The molecule has 4 aliphatic rings. The summed E-state index contributed by atoms with van der Waals surface area (Å²) in [6.07, 6.45) is 12.5. The van der Waals surface area contributed by atoms with Crippen LogP contribution in [-0.2, 0) is 6.42 Å². The predicted molar refractivity (Wildman–Crippen MR) is 140 cm³/mol. The molecule has 0 bridgehead atoms. The number of benzene rings is 2. The second kappa shape index (κ2) is 9.01. The van der Waals surface area contributed by atoms with Gasteiger partial charge in [-0.2, -0.15) is 0 Å². The van der Waals surface area contributed by atoms with Crippen LogP contribution in [0.3, 0.4) is 0 Å². The number of rotatable bonds is 12. The summed E-state index contributed by atoms with van der Waals surface area (Å²) in [5, 5.41) is 0. The largest absolute Gasteiger partial charge is 0.371 e. The van der Waals surface area contributed by atoms with Gasteiger partial charge < -0.3 is 9.80 Å². The average molecular weight is 443 g/mol. The average Bonchev–Trinajstić information content (AvgIpc) is 3.59. The Morgan fingerprint density at radius 3 is 1.48 bits per heavy atom. The first kappa shape index (κ1) is 21.6. The van der Waals surface area contributed by atoms with Crippen molar-refractivity contribution in [2.24, 2.45) is 23.7 Å². The highest BCUT2D eigenvalue weighted by molar-refractivity contribution is 5.58. The molecule has 4 saturated carbocycles. The molecule has 0 amide bonds. The maximum absolute atomic E-state index is 2.73. The van der Waals surface area contributed by atoms with Crippen molar-refractivity contribution < 1.29 is 0 Å². The van der Waals surface area contributed by atoms with Crippen molar-refractivity contribution in [2.45, 2.75) is 71.6 Å². The summed E-state index contributed by atoms with van der Waals surface area (Å²) in [5.41, 5.74) is 8.82. The van der Waals surface area contributed by atoms with Crippen molar-refractivity contribution in [2.75, 3.05) is 36.0 Å². The van der Waals surface area contributed by atoms with Crippen LogP contribution in [0.4, 0.5) is 11.4 Å². The number of anilines is 2. The van der Waals surface area contributed by atoms with Gasteiger partial charge in [0.15, 0.2) is 0 Å². The normalized spacial score (nSPS) is 20.2. The highest BCUT2D eigenvalue weighted by Gasteiger charge is 2.31. The smallest absolute Gasteiger partial charge is 0.0398 e. The number of aryl methyl sites for hydroxylation is 2. The fourth-order valence-electron chi connectivity index (χ4n) is 5.51. The van der Waals surface area contributed by atoms with Gasteiger partial charge >= 0.3 is 0 Å². The van der Waals surface area contributed by atoms with Crippen molar-refractivity contribution in [3.63, 3.8) is 0 Å². The van der Waals surface area contributed by atoms with Crippen molar-refractivity contribution in [3.05, 3.63) is 58.7 Å². The molecule has 33 heavy (non-hydrogen) atoms. The zero-order chi connectivity index (χ0) is 22.4. The number of hydrogen-bond donors (Lipinski definition) is 0. The first-order valence-corrected chi connectivity index (χ1v) is 13.8. The van der Waals surface area contributed by atoms with E-state index in [0.29, 0.717) is 0 Å². The molecule has 0 N–H and O–H groups in total.